The van der Waals surface area contributed by atoms with Crippen LogP contribution in [0.5, 0.6) is 0 Å². The minimum atomic E-state index is 0.521. The molecule has 0 aliphatic heterocycles. The van der Waals surface area contributed by atoms with E-state index in [1.165, 1.54) is 22.2 Å². The van der Waals surface area contributed by atoms with Gasteiger partial charge in [0.15, 0.2) is 0 Å². The first-order valence-electron chi connectivity index (χ1n) is 6.83. The van der Waals surface area contributed by atoms with Crippen LogP contribution in [0, 0.1) is 0 Å². The van der Waals surface area contributed by atoms with Gasteiger partial charge in [0.1, 0.15) is 7.85 Å². The van der Waals surface area contributed by atoms with Crippen LogP contribution >= 0.6 is 0 Å². The number of hydrogen-bond acceptors (Lipinski definition) is 0. The predicted octanol–water partition coefficient (Wildman–Crippen LogP) is 3.21. The third-order valence-electron chi connectivity index (χ3n) is 3.62. The van der Waals surface area contributed by atoms with Crippen molar-refractivity contribution in [2.75, 3.05) is 0 Å². The first-order valence-corrected chi connectivity index (χ1v) is 6.83. The Hall–Kier alpha value is -2.02. The van der Waals surface area contributed by atoms with Gasteiger partial charge in [0, 0.05) is 5.92 Å². The van der Waals surface area contributed by atoms with Gasteiger partial charge in [0.25, 0.3) is 0 Å². The van der Waals surface area contributed by atoms with Crippen LogP contribution in [-0.4, -0.2) is 7.85 Å². The maximum absolute atomic E-state index is 2.33. The van der Waals surface area contributed by atoms with E-state index >= 15 is 0 Å². The zero-order valence-corrected chi connectivity index (χ0v) is 11.2. The van der Waals surface area contributed by atoms with Gasteiger partial charge >= 0.3 is 0 Å². The van der Waals surface area contributed by atoms with Crippen LogP contribution in [0.4, 0.5) is 0 Å². The zero-order chi connectivity index (χ0) is 13.1. The smallest absolute Gasteiger partial charge is 0.0881 e. The Kier molecular flexibility index (Phi) is 3.37. The average Bonchev–Trinajstić information content (AvgIpc) is 2.48. The summed E-state index contributed by atoms with van der Waals surface area (Å²) in [5.74, 6) is 0.521. The summed E-state index contributed by atoms with van der Waals surface area (Å²) in [5, 5.41) is 0. The lowest BCUT2D eigenvalue weighted by Gasteiger charge is -2.16. The Morgan fingerprint density at radius 2 is 1.74 bits per heavy atom. The highest BCUT2D eigenvalue weighted by Crippen LogP contribution is 2.27. The molecule has 0 bridgehead atoms. The Morgan fingerprint density at radius 3 is 2.47 bits per heavy atom. The van der Waals surface area contributed by atoms with E-state index in [9.17, 15) is 0 Å². The van der Waals surface area contributed by atoms with Crippen molar-refractivity contribution in [3.8, 4) is 11.1 Å². The molecule has 1 aliphatic rings. The third kappa shape index (κ3) is 2.71. The molecular formula is C18H17B. The van der Waals surface area contributed by atoms with Gasteiger partial charge in [0.2, 0.25) is 0 Å². The van der Waals surface area contributed by atoms with Crippen LogP contribution in [-0.2, 0) is 0 Å². The van der Waals surface area contributed by atoms with Crippen molar-refractivity contribution < 1.29 is 0 Å². The molecule has 0 N–H and O–H groups in total. The van der Waals surface area contributed by atoms with E-state index in [0.717, 1.165) is 6.42 Å². The van der Waals surface area contributed by atoms with Gasteiger partial charge in [-0.05, 0) is 23.1 Å². The number of allylic oxidation sites excluding steroid dienone is 4. The van der Waals surface area contributed by atoms with Gasteiger partial charge < -0.3 is 0 Å². The molecule has 1 heteroatoms. The van der Waals surface area contributed by atoms with E-state index in [0.29, 0.717) is 5.92 Å². The molecule has 0 saturated heterocycles. The second-order valence-electron chi connectivity index (χ2n) is 5.15. The van der Waals surface area contributed by atoms with Crippen LogP contribution in [0.15, 0.2) is 72.8 Å². The summed E-state index contributed by atoms with van der Waals surface area (Å²) >= 11 is 0. The molecule has 0 saturated carbocycles. The number of benzene rings is 2. The summed E-state index contributed by atoms with van der Waals surface area (Å²) in [6.07, 6.45) is 9.93. The van der Waals surface area contributed by atoms with E-state index < -0.39 is 0 Å². The summed E-state index contributed by atoms with van der Waals surface area (Å²) < 4.78 is 0. The maximum atomic E-state index is 2.33. The highest BCUT2D eigenvalue weighted by molar-refractivity contribution is 6.32. The SMILES string of the molecule is Bc1cc(-c2ccccc2)cc(C2C=CC=CC2)c1. The molecule has 0 nitrogen and oxygen atoms in total. The highest BCUT2D eigenvalue weighted by atomic mass is 14.1. The normalized spacial score (nSPS) is 17.6. The van der Waals surface area contributed by atoms with Gasteiger partial charge in [-0.15, -0.1) is 0 Å². The maximum Gasteiger partial charge on any atom is 0.139 e. The Morgan fingerprint density at radius 1 is 0.895 bits per heavy atom. The van der Waals surface area contributed by atoms with Crippen molar-refractivity contribution in [3.05, 3.63) is 78.4 Å². The van der Waals surface area contributed by atoms with Gasteiger partial charge in [-0.25, -0.2) is 0 Å². The summed E-state index contributed by atoms with van der Waals surface area (Å²) in [7, 11) is 2.18. The first kappa shape index (κ1) is 12.0. The molecule has 1 aliphatic carbocycles. The first-order chi connectivity index (χ1) is 9.33. The van der Waals surface area contributed by atoms with E-state index in [4.69, 9.17) is 0 Å². The van der Waals surface area contributed by atoms with E-state index in [-0.39, 0.29) is 0 Å². The standard InChI is InChI=1S/C18H17B/c19-18-12-16(14-7-3-1-4-8-14)11-17(13-18)15-9-5-2-6-10-15/h1-9,11-13,15H,10,19H2. The molecule has 19 heavy (non-hydrogen) atoms. The highest BCUT2D eigenvalue weighted by Gasteiger charge is 2.10. The fourth-order valence-electron chi connectivity index (χ4n) is 2.65. The molecule has 0 spiro atoms. The number of rotatable bonds is 2. The monoisotopic (exact) mass is 244 g/mol. The Labute approximate surface area is 115 Å². The predicted molar refractivity (Wildman–Crippen MR) is 85.7 cm³/mol. The molecule has 92 valence electrons. The Balaban J connectivity index is 2.01. The second kappa shape index (κ2) is 5.32. The van der Waals surface area contributed by atoms with E-state index in [2.05, 4.69) is 80.7 Å². The van der Waals surface area contributed by atoms with E-state index in [1.54, 1.807) is 0 Å². The molecule has 2 aromatic rings. The minimum absolute atomic E-state index is 0.521. The summed E-state index contributed by atoms with van der Waals surface area (Å²) in [6, 6.07) is 17.5. The topological polar surface area (TPSA) is 0 Å². The fraction of sp³-hybridized carbons (Fsp3) is 0.111. The fourth-order valence-corrected chi connectivity index (χ4v) is 2.65. The average molecular weight is 244 g/mol. The molecule has 0 heterocycles. The lowest BCUT2D eigenvalue weighted by Crippen LogP contribution is -2.07. The van der Waals surface area contributed by atoms with Crippen LogP contribution in [0.3, 0.4) is 0 Å². The lowest BCUT2D eigenvalue weighted by molar-refractivity contribution is 0.855. The van der Waals surface area contributed by atoms with Crippen LogP contribution in [0.1, 0.15) is 17.9 Å². The molecule has 1 atom stereocenters. The quantitative estimate of drug-likeness (QED) is 0.711. The van der Waals surface area contributed by atoms with Crippen molar-refractivity contribution in [2.45, 2.75) is 12.3 Å². The molecule has 3 rings (SSSR count). The van der Waals surface area contributed by atoms with Crippen molar-refractivity contribution in [2.24, 2.45) is 0 Å². The molecule has 0 radical (unpaired) electrons. The minimum Gasteiger partial charge on any atom is -0.0881 e. The summed E-state index contributed by atoms with van der Waals surface area (Å²) in [5.41, 5.74) is 5.36. The van der Waals surface area contributed by atoms with Crippen molar-refractivity contribution in [1.29, 1.82) is 0 Å². The summed E-state index contributed by atoms with van der Waals surface area (Å²) in [4.78, 5) is 0. The van der Waals surface area contributed by atoms with Crippen LogP contribution in [0.2, 0.25) is 0 Å². The van der Waals surface area contributed by atoms with E-state index in [1.807, 2.05) is 0 Å². The Bertz CT molecular complexity index is 623. The van der Waals surface area contributed by atoms with Crippen molar-refractivity contribution in [3.63, 3.8) is 0 Å². The van der Waals surface area contributed by atoms with Crippen molar-refractivity contribution in [1.82, 2.24) is 0 Å². The van der Waals surface area contributed by atoms with Gasteiger partial charge in [-0.3, -0.25) is 0 Å². The van der Waals surface area contributed by atoms with Crippen molar-refractivity contribution >= 4 is 13.3 Å². The van der Waals surface area contributed by atoms with Crippen LogP contribution in [0.25, 0.3) is 11.1 Å². The second-order valence-corrected chi connectivity index (χ2v) is 5.15. The van der Waals surface area contributed by atoms with Crippen LogP contribution < -0.4 is 5.46 Å². The van der Waals surface area contributed by atoms with Gasteiger partial charge in [-0.1, -0.05) is 78.3 Å². The third-order valence-corrected chi connectivity index (χ3v) is 3.62. The molecular weight excluding hydrogens is 227 g/mol. The lowest BCUT2D eigenvalue weighted by atomic mass is 9.84. The molecule has 2 aromatic carbocycles. The molecule has 0 amide bonds. The van der Waals surface area contributed by atoms with Gasteiger partial charge in [0.05, 0.1) is 0 Å². The molecule has 0 fully saturated rings. The largest absolute Gasteiger partial charge is 0.139 e. The molecule has 1 unspecified atom stereocenters. The molecule has 0 aromatic heterocycles. The van der Waals surface area contributed by atoms with Gasteiger partial charge in [-0.2, -0.15) is 0 Å². The zero-order valence-electron chi connectivity index (χ0n) is 11.2. The number of hydrogen-bond donors (Lipinski definition) is 0. The summed E-state index contributed by atoms with van der Waals surface area (Å²) in [6.45, 7) is 0.